The number of alkyl halides is 3. The first-order valence-electron chi connectivity index (χ1n) is 6.41. The molecule has 18 heavy (non-hydrogen) atoms. The standard InChI is InChI=1S/C12H21Br3O3/c13-7-5-3-1-2-4-6-8(16)11(17)12(18)10(15)9(7)14/h7-12,16-18H,1-6H2. The minimum atomic E-state index is -1.10. The van der Waals surface area contributed by atoms with Crippen LogP contribution < -0.4 is 0 Å². The van der Waals surface area contributed by atoms with Gasteiger partial charge < -0.3 is 15.3 Å². The van der Waals surface area contributed by atoms with E-state index in [1.807, 2.05) is 0 Å². The molecule has 3 N–H and O–H groups in total. The number of hydrogen-bond acceptors (Lipinski definition) is 3. The van der Waals surface area contributed by atoms with Crippen LogP contribution in [-0.4, -0.2) is 48.1 Å². The minimum Gasteiger partial charge on any atom is -0.390 e. The summed E-state index contributed by atoms with van der Waals surface area (Å²) in [7, 11) is 0. The molecule has 0 aromatic heterocycles. The van der Waals surface area contributed by atoms with Gasteiger partial charge in [-0.2, -0.15) is 0 Å². The van der Waals surface area contributed by atoms with Crippen molar-refractivity contribution in [2.75, 3.05) is 0 Å². The Morgan fingerprint density at radius 1 is 0.667 bits per heavy atom. The van der Waals surface area contributed by atoms with Gasteiger partial charge in [0.25, 0.3) is 0 Å². The number of halogens is 3. The maximum atomic E-state index is 10.1. The summed E-state index contributed by atoms with van der Waals surface area (Å²) in [4.78, 5) is -0.0555. The van der Waals surface area contributed by atoms with Gasteiger partial charge in [-0.05, 0) is 12.8 Å². The predicted molar refractivity (Wildman–Crippen MR) is 83.9 cm³/mol. The third kappa shape index (κ3) is 5.02. The van der Waals surface area contributed by atoms with E-state index in [-0.39, 0.29) is 14.5 Å². The smallest absolute Gasteiger partial charge is 0.107 e. The molecule has 6 heteroatoms. The molecular weight excluding hydrogens is 432 g/mol. The maximum absolute atomic E-state index is 10.1. The summed E-state index contributed by atoms with van der Waals surface area (Å²) >= 11 is 10.6. The van der Waals surface area contributed by atoms with Gasteiger partial charge in [-0.25, -0.2) is 0 Å². The summed E-state index contributed by atoms with van der Waals surface area (Å²) in [6.07, 6.45) is 2.86. The first-order valence-corrected chi connectivity index (χ1v) is 9.16. The van der Waals surface area contributed by atoms with Gasteiger partial charge in [0.05, 0.1) is 17.0 Å². The van der Waals surface area contributed by atoms with Crippen molar-refractivity contribution in [2.24, 2.45) is 0 Å². The molecule has 0 spiro atoms. The van der Waals surface area contributed by atoms with Gasteiger partial charge in [-0.1, -0.05) is 73.5 Å². The molecule has 1 aliphatic carbocycles. The van der Waals surface area contributed by atoms with Crippen molar-refractivity contribution in [2.45, 2.75) is 71.3 Å². The van der Waals surface area contributed by atoms with Gasteiger partial charge in [0.1, 0.15) is 6.10 Å². The lowest BCUT2D eigenvalue weighted by atomic mass is 9.95. The van der Waals surface area contributed by atoms with Gasteiger partial charge in [-0.3, -0.25) is 0 Å². The monoisotopic (exact) mass is 450 g/mol. The Hall–Kier alpha value is 1.32. The fourth-order valence-corrected chi connectivity index (χ4v) is 4.50. The normalized spacial score (nSPS) is 45.0. The number of aliphatic hydroxyl groups is 3. The Labute approximate surface area is 134 Å². The second-order valence-electron chi connectivity index (χ2n) is 4.94. The molecule has 0 aliphatic heterocycles. The summed E-state index contributed by atoms with van der Waals surface area (Å²) in [5.41, 5.74) is 0. The summed E-state index contributed by atoms with van der Waals surface area (Å²) in [5.74, 6) is 0. The van der Waals surface area contributed by atoms with Gasteiger partial charge in [0.2, 0.25) is 0 Å². The van der Waals surface area contributed by atoms with Crippen molar-refractivity contribution >= 4 is 47.8 Å². The van der Waals surface area contributed by atoms with Crippen molar-refractivity contribution in [1.29, 1.82) is 0 Å². The molecule has 6 atom stereocenters. The molecule has 1 aliphatic rings. The average molecular weight is 453 g/mol. The lowest BCUT2D eigenvalue weighted by Crippen LogP contribution is -2.46. The van der Waals surface area contributed by atoms with E-state index in [1.54, 1.807) is 0 Å². The molecule has 0 radical (unpaired) electrons. The Morgan fingerprint density at radius 2 is 1.22 bits per heavy atom. The van der Waals surface area contributed by atoms with Crippen LogP contribution in [0.1, 0.15) is 38.5 Å². The number of rotatable bonds is 0. The lowest BCUT2D eigenvalue weighted by Gasteiger charge is -2.31. The van der Waals surface area contributed by atoms with Crippen LogP contribution >= 0.6 is 47.8 Å². The molecule has 0 aromatic rings. The van der Waals surface area contributed by atoms with E-state index in [1.165, 1.54) is 0 Å². The van der Waals surface area contributed by atoms with Crippen molar-refractivity contribution < 1.29 is 15.3 Å². The Kier molecular flexibility index (Phi) is 8.27. The number of aliphatic hydroxyl groups excluding tert-OH is 3. The highest BCUT2D eigenvalue weighted by molar-refractivity contribution is 9.13. The molecule has 1 fully saturated rings. The van der Waals surface area contributed by atoms with Gasteiger partial charge in [-0.15, -0.1) is 0 Å². The van der Waals surface area contributed by atoms with Crippen LogP contribution in [0.2, 0.25) is 0 Å². The van der Waals surface area contributed by atoms with Crippen LogP contribution in [0.25, 0.3) is 0 Å². The molecule has 0 amide bonds. The topological polar surface area (TPSA) is 60.7 Å². The van der Waals surface area contributed by atoms with Crippen LogP contribution in [0.5, 0.6) is 0 Å². The van der Waals surface area contributed by atoms with Gasteiger partial charge >= 0.3 is 0 Å². The largest absolute Gasteiger partial charge is 0.390 e. The van der Waals surface area contributed by atoms with Crippen molar-refractivity contribution in [1.82, 2.24) is 0 Å². The zero-order valence-electron chi connectivity index (χ0n) is 10.2. The van der Waals surface area contributed by atoms with Crippen LogP contribution in [0.4, 0.5) is 0 Å². The average Bonchev–Trinajstić information content (AvgIpc) is 2.37. The molecule has 0 aromatic carbocycles. The van der Waals surface area contributed by atoms with Crippen LogP contribution in [0, 0.1) is 0 Å². The highest BCUT2D eigenvalue weighted by Crippen LogP contribution is 2.31. The van der Waals surface area contributed by atoms with E-state index in [4.69, 9.17) is 0 Å². The summed E-state index contributed by atoms with van der Waals surface area (Å²) in [5, 5.41) is 29.9. The van der Waals surface area contributed by atoms with E-state index in [0.29, 0.717) is 6.42 Å². The molecule has 0 heterocycles. The molecule has 1 saturated carbocycles. The molecule has 1 rings (SSSR count). The second kappa shape index (κ2) is 8.57. The molecule has 6 unspecified atom stereocenters. The Balaban J connectivity index is 2.71. The third-order valence-electron chi connectivity index (χ3n) is 3.45. The van der Waals surface area contributed by atoms with Gasteiger partial charge in [0, 0.05) is 9.65 Å². The van der Waals surface area contributed by atoms with Crippen LogP contribution in [-0.2, 0) is 0 Å². The fraction of sp³-hybridized carbons (Fsp3) is 1.00. The third-order valence-corrected chi connectivity index (χ3v) is 8.22. The first-order chi connectivity index (χ1) is 8.45. The van der Waals surface area contributed by atoms with Crippen LogP contribution in [0.15, 0.2) is 0 Å². The zero-order chi connectivity index (χ0) is 13.7. The molecular formula is C12H21Br3O3. The highest BCUT2D eigenvalue weighted by Gasteiger charge is 2.36. The first kappa shape index (κ1) is 17.4. The Bertz CT molecular complexity index is 219. The lowest BCUT2D eigenvalue weighted by molar-refractivity contribution is -0.0618. The van der Waals surface area contributed by atoms with Crippen molar-refractivity contribution in [3.8, 4) is 0 Å². The predicted octanol–water partition coefficient (Wildman–Crippen LogP) is 2.71. The quantitative estimate of drug-likeness (QED) is 0.495. The van der Waals surface area contributed by atoms with E-state index in [9.17, 15) is 15.3 Å². The van der Waals surface area contributed by atoms with Crippen molar-refractivity contribution in [3.05, 3.63) is 0 Å². The van der Waals surface area contributed by atoms with E-state index < -0.39 is 18.3 Å². The molecule has 3 nitrogen and oxygen atoms in total. The molecule has 108 valence electrons. The van der Waals surface area contributed by atoms with E-state index in [2.05, 4.69) is 47.8 Å². The summed E-state index contributed by atoms with van der Waals surface area (Å²) in [6.45, 7) is 0. The maximum Gasteiger partial charge on any atom is 0.107 e. The highest BCUT2D eigenvalue weighted by atomic mass is 79.9. The summed E-state index contributed by atoms with van der Waals surface area (Å²) in [6, 6.07) is 0. The fourth-order valence-electron chi connectivity index (χ4n) is 2.18. The number of hydrogen-bond donors (Lipinski definition) is 3. The zero-order valence-corrected chi connectivity index (χ0v) is 14.9. The Morgan fingerprint density at radius 3 is 1.83 bits per heavy atom. The second-order valence-corrected chi connectivity index (χ2v) is 8.24. The minimum absolute atomic E-state index is 0.00813. The van der Waals surface area contributed by atoms with Crippen molar-refractivity contribution in [3.63, 3.8) is 0 Å². The summed E-state index contributed by atoms with van der Waals surface area (Å²) < 4.78 is 0. The SMILES string of the molecule is OC1CCCCCCC(Br)C(Br)C(Br)C(O)C1O. The molecule has 0 bridgehead atoms. The van der Waals surface area contributed by atoms with Gasteiger partial charge in [0.15, 0.2) is 0 Å². The van der Waals surface area contributed by atoms with E-state index >= 15 is 0 Å². The van der Waals surface area contributed by atoms with Crippen LogP contribution in [0.3, 0.4) is 0 Å². The molecule has 0 saturated heterocycles. The van der Waals surface area contributed by atoms with E-state index in [0.717, 1.165) is 32.1 Å².